The number of benzene rings is 1. The zero-order valence-corrected chi connectivity index (χ0v) is 9.63. The monoisotopic (exact) mass is 246 g/mol. The van der Waals surface area contributed by atoms with Crippen molar-refractivity contribution in [2.24, 2.45) is 0 Å². The van der Waals surface area contributed by atoms with Gasteiger partial charge < -0.3 is 16.2 Å². The Kier molecular flexibility index (Phi) is 3.59. The molecule has 6 nitrogen and oxygen atoms in total. The number of H-pyrrole nitrogens is 1. The van der Waals surface area contributed by atoms with E-state index < -0.39 is 11.9 Å². The van der Waals surface area contributed by atoms with Gasteiger partial charge in [0.1, 0.15) is 5.69 Å². The first-order valence-electron chi connectivity index (χ1n) is 5.48. The van der Waals surface area contributed by atoms with Crippen molar-refractivity contribution in [3.8, 4) is 0 Å². The number of nitrogens with two attached hydrogens (primary N) is 1. The van der Waals surface area contributed by atoms with Crippen LogP contribution in [-0.2, 0) is 0 Å². The molecule has 0 bridgehead atoms. The van der Waals surface area contributed by atoms with Gasteiger partial charge in [-0.2, -0.15) is 5.10 Å². The Bertz CT molecular complexity index is 524. The molecular weight excluding hydrogens is 232 g/mol. The second-order valence-corrected chi connectivity index (χ2v) is 3.82. The lowest BCUT2D eigenvalue weighted by molar-refractivity contribution is 0.0912. The van der Waals surface area contributed by atoms with E-state index in [1.165, 1.54) is 6.20 Å². The number of nitrogens with zero attached hydrogens (tertiary/aromatic N) is 1. The van der Waals surface area contributed by atoms with Gasteiger partial charge in [0.2, 0.25) is 0 Å². The number of aromatic nitrogens is 2. The number of aromatic amines is 1. The molecule has 2 aromatic rings. The maximum Gasteiger partial charge on any atom is 0.272 e. The molecule has 1 atom stereocenters. The summed E-state index contributed by atoms with van der Waals surface area (Å²) >= 11 is 0. The van der Waals surface area contributed by atoms with E-state index in [9.17, 15) is 9.90 Å². The van der Waals surface area contributed by atoms with Crippen LogP contribution in [0.25, 0.3) is 0 Å². The van der Waals surface area contributed by atoms with Crippen LogP contribution >= 0.6 is 0 Å². The molecule has 0 saturated carbocycles. The highest BCUT2D eigenvalue weighted by atomic mass is 16.3. The molecule has 94 valence electrons. The lowest BCUT2D eigenvalue weighted by Crippen LogP contribution is -2.31. The smallest absolute Gasteiger partial charge is 0.272 e. The van der Waals surface area contributed by atoms with Gasteiger partial charge in [-0.3, -0.25) is 9.89 Å². The molecule has 0 aliphatic carbocycles. The second-order valence-electron chi connectivity index (χ2n) is 3.82. The van der Waals surface area contributed by atoms with Crippen molar-refractivity contribution in [1.82, 2.24) is 15.5 Å². The van der Waals surface area contributed by atoms with Crippen LogP contribution in [0.15, 0.2) is 36.5 Å². The van der Waals surface area contributed by atoms with Crippen LogP contribution < -0.4 is 11.1 Å². The van der Waals surface area contributed by atoms with Gasteiger partial charge in [0.05, 0.1) is 24.5 Å². The summed E-state index contributed by atoms with van der Waals surface area (Å²) in [6.45, 7) is -0.191. The highest BCUT2D eigenvalue weighted by molar-refractivity contribution is 5.97. The van der Waals surface area contributed by atoms with Crippen molar-refractivity contribution < 1.29 is 9.90 Å². The van der Waals surface area contributed by atoms with Crippen LogP contribution in [0.1, 0.15) is 22.1 Å². The van der Waals surface area contributed by atoms with Crippen molar-refractivity contribution in [3.63, 3.8) is 0 Å². The molecule has 1 unspecified atom stereocenters. The van der Waals surface area contributed by atoms with E-state index in [0.29, 0.717) is 0 Å². The van der Waals surface area contributed by atoms with E-state index in [0.717, 1.165) is 5.56 Å². The fourth-order valence-electron chi connectivity index (χ4n) is 1.63. The van der Waals surface area contributed by atoms with Gasteiger partial charge in [-0.05, 0) is 5.56 Å². The maximum absolute atomic E-state index is 11.9. The molecule has 0 aliphatic heterocycles. The number of aliphatic hydroxyl groups excluding tert-OH is 1. The number of nitrogens with one attached hydrogen (secondary N) is 2. The Morgan fingerprint density at radius 1 is 1.44 bits per heavy atom. The van der Waals surface area contributed by atoms with Gasteiger partial charge in [-0.15, -0.1) is 0 Å². The van der Waals surface area contributed by atoms with Gasteiger partial charge in [-0.25, -0.2) is 0 Å². The summed E-state index contributed by atoms with van der Waals surface area (Å²) in [7, 11) is 0. The number of amides is 1. The SMILES string of the molecule is Nc1cn[nH]c1C(=O)NC(CO)c1ccccc1. The van der Waals surface area contributed by atoms with Crippen LogP contribution in [0.2, 0.25) is 0 Å². The summed E-state index contributed by atoms with van der Waals surface area (Å²) in [6, 6.07) is 8.74. The standard InChI is InChI=1S/C12H14N4O2/c13-9-6-14-16-11(9)12(18)15-10(7-17)8-4-2-1-3-5-8/h1-6,10,17H,7,13H2,(H,14,16)(H,15,18). The van der Waals surface area contributed by atoms with E-state index in [4.69, 9.17) is 5.73 Å². The first kappa shape index (κ1) is 12.1. The molecular formula is C12H14N4O2. The van der Waals surface area contributed by atoms with Crippen molar-refractivity contribution in [1.29, 1.82) is 0 Å². The van der Waals surface area contributed by atoms with E-state index in [2.05, 4.69) is 15.5 Å². The summed E-state index contributed by atoms with van der Waals surface area (Å²) in [6.07, 6.45) is 1.37. The second kappa shape index (κ2) is 5.33. The third kappa shape index (κ3) is 2.49. The van der Waals surface area contributed by atoms with Gasteiger partial charge in [0, 0.05) is 0 Å². The van der Waals surface area contributed by atoms with Gasteiger partial charge >= 0.3 is 0 Å². The molecule has 0 spiro atoms. The largest absolute Gasteiger partial charge is 0.396 e. The topological polar surface area (TPSA) is 104 Å². The Morgan fingerprint density at radius 2 is 2.17 bits per heavy atom. The molecule has 1 aromatic carbocycles. The molecule has 1 aromatic heterocycles. The minimum Gasteiger partial charge on any atom is -0.396 e. The summed E-state index contributed by atoms with van der Waals surface area (Å²) in [4.78, 5) is 11.9. The lowest BCUT2D eigenvalue weighted by Gasteiger charge is -2.16. The lowest BCUT2D eigenvalue weighted by atomic mass is 10.1. The van der Waals surface area contributed by atoms with E-state index in [1.54, 1.807) is 0 Å². The number of hydrogen-bond acceptors (Lipinski definition) is 4. The van der Waals surface area contributed by atoms with Crippen LogP contribution in [0.4, 0.5) is 5.69 Å². The third-order valence-corrected chi connectivity index (χ3v) is 2.59. The number of hydrogen-bond donors (Lipinski definition) is 4. The van der Waals surface area contributed by atoms with Crippen molar-refractivity contribution >= 4 is 11.6 Å². The predicted octanol–water partition coefficient (Wildman–Crippen LogP) is 0.455. The molecule has 0 radical (unpaired) electrons. The summed E-state index contributed by atoms with van der Waals surface area (Å²) < 4.78 is 0. The highest BCUT2D eigenvalue weighted by Gasteiger charge is 2.17. The van der Waals surface area contributed by atoms with Crippen LogP contribution in [0.5, 0.6) is 0 Å². The molecule has 1 amide bonds. The van der Waals surface area contributed by atoms with Crippen molar-refractivity contribution in [2.45, 2.75) is 6.04 Å². The molecule has 1 heterocycles. The molecule has 0 saturated heterocycles. The van der Waals surface area contributed by atoms with Gasteiger partial charge in [0.25, 0.3) is 5.91 Å². The third-order valence-electron chi connectivity index (χ3n) is 2.59. The fourth-order valence-corrected chi connectivity index (χ4v) is 1.63. The highest BCUT2D eigenvalue weighted by Crippen LogP contribution is 2.13. The first-order chi connectivity index (χ1) is 8.72. The Morgan fingerprint density at radius 3 is 2.72 bits per heavy atom. The fraction of sp³-hybridized carbons (Fsp3) is 0.167. The summed E-state index contributed by atoms with van der Waals surface area (Å²) in [5, 5.41) is 18.2. The normalized spacial score (nSPS) is 12.1. The average Bonchev–Trinajstić information content (AvgIpc) is 2.83. The van der Waals surface area contributed by atoms with Gasteiger partial charge in [0.15, 0.2) is 0 Å². The minimum atomic E-state index is -0.471. The predicted molar refractivity (Wildman–Crippen MR) is 66.7 cm³/mol. The van der Waals surface area contributed by atoms with Crippen molar-refractivity contribution in [2.75, 3.05) is 12.3 Å². The minimum absolute atomic E-state index is 0.191. The molecule has 6 heteroatoms. The van der Waals surface area contributed by atoms with Crippen LogP contribution in [0, 0.1) is 0 Å². The average molecular weight is 246 g/mol. The van der Waals surface area contributed by atoms with Crippen molar-refractivity contribution in [3.05, 3.63) is 47.8 Å². The first-order valence-corrected chi connectivity index (χ1v) is 5.48. The molecule has 0 aliphatic rings. The number of carbonyl (C=O) groups excluding carboxylic acids is 1. The zero-order valence-electron chi connectivity index (χ0n) is 9.63. The van der Waals surface area contributed by atoms with E-state index in [1.807, 2.05) is 30.3 Å². The van der Waals surface area contributed by atoms with Crippen LogP contribution in [0.3, 0.4) is 0 Å². The quantitative estimate of drug-likeness (QED) is 0.629. The Hall–Kier alpha value is -2.34. The molecule has 0 fully saturated rings. The maximum atomic E-state index is 11.9. The molecule has 2 rings (SSSR count). The number of nitrogen functional groups attached to an aromatic ring is 1. The number of carbonyl (C=O) groups is 1. The van der Waals surface area contributed by atoms with E-state index >= 15 is 0 Å². The summed E-state index contributed by atoms with van der Waals surface area (Å²) in [5.74, 6) is -0.395. The zero-order chi connectivity index (χ0) is 13.0. The van der Waals surface area contributed by atoms with Gasteiger partial charge in [-0.1, -0.05) is 30.3 Å². The summed E-state index contributed by atoms with van der Waals surface area (Å²) in [5.41, 5.74) is 6.88. The number of aliphatic hydroxyl groups is 1. The number of rotatable bonds is 4. The Labute approximate surface area is 104 Å². The number of anilines is 1. The Balaban J connectivity index is 2.13. The molecule has 18 heavy (non-hydrogen) atoms. The van der Waals surface area contributed by atoms with Crippen LogP contribution in [-0.4, -0.2) is 27.8 Å². The molecule has 5 N–H and O–H groups in total. The van der Waals surface area contributed by atoms with E-state index in [-0.39, 0.29) is 18.0 Å².